The SMILES string of the molecule is CC(=O)c1ccnc(F)c1.Cc1ncoc1COc1cc2c(cc1F)CN(C[C@@H](O)CCC(=O)c1ccnc(F)c1)CC2.Cc1ncoc1COc1cc2c(cc1F)CN(C[C@@H](O)CN)CC2.S.S.[2H]CF. The molecule has 4 aromatic heterocycles. The number of oxazole rings is 2. The Hall–Kier alpha value is -5.75. The fourth-order valence-corrected chi connectivity index (χ4v) is 7.38. The summed E-state index contributed by atoms with van der Waals surface area (Å²) in [6.07, 6.45) is 5.75. The summed E-state index contributed by atoms with van der Waals surface area (Å²) >= 11 is 0. The second kappa shape index (κ2) is 29.6. The third-order valence-corrected chi connectivity index (χ3v) is 11.2. The lowest BCUT2D eigenvalue weighted by Crippen LogP contribution is -2.39. The van der Waals surface area contributed by atoms with Crippen LogP contribution in [-0.4, -0.2) is 104 Å². The number of ether oxygens (including phenoxy) is 2. The predicted octanol–water partition coefficient (Wildman–Crippen LogP) is 7.23. The number of carbonyl (C=O) groups is 2. The third-order valence-electron chi connectivity index (χ3n) is 11.2. The molecule has 0 amide bonds. The Kier molecular flexibility index (Phi) is 24.1. The average molecular weight is 1040 g/mol. The normalized spacial score (nSPS) is 13.8. The Morgan fingerprint density at radius 3 is 1.59 bits per heavy atom. The number of hydrogen-bond donors (Lipinski definition) is 3. The number of aryl methyl sites for hydroxylation is 2. The second-order valence-electron chi connectivity index (χ2n) is 16.2. The van der Waals surface area contributed by atoms with E-state index < -0.39 is 42.9 Å². The van der Waals surface area contributed by atoms with Crippen LogP contribution in [-0.2, 0) is 39.1 Å². The molecule has 8 rings (SSSR count). The number of benzene rings is 2. The van der Waals surface area contributed by atoms with E-state index in [2.05, 4.69) is 24.8 Å². The first kappa shape index (κ1) is 57.8. The molecule has 386 valence electrons. The van der Waals surface area contributed by atoms with Gasteiger partial charge in [0.25, 0.3) is 0 Å². The number of alkyl halides is 1. The summed E-state index contributed by atoms with van der Waals surface area (Å²) in [5.41, 5.74) is 11.3. The summed E-state index contributed by atoms with van der Waals surface area (Å²) in [6.45, 7) is 8.93. The highest BCUT2D eigenvalue weighted by atomic mass is 32.1. The number of nitrogens with two attached hydrogens (primary N) is 1. The van der Waals surface area contributed by atoms with E-state index >= 15 is 0 Å². The first-order valence-corrected chi connectivity index (χ1v) is 21.9. The van der Waals surface area contributed by atoms with E-state index in [0.717, 1.165) is 53.0 Å². The van der Waals surface area contributed by atoms with Gasteiger partial charge in [0.2, 0.25) is 11.9 Å². The molecule has 2 atom stereocenters. The summed E-state index contributed by atoms with van der Waals surface area (Å²) in [4.78, 5) is 41.6. The number of Topliss-reactive ketones (excluding diaryl/α,β-unsaturated/α-hetero) is 2. The lowest BCUT2D eigenvalue weighted by atomic mass is 9.98. The highest BCUT2D eigenvalue weighted by molar-refractivity contribution is 7.59. The Labute approximate surface area is 423 Å². The number of nitrogens with zero attached hydrogens (tertiary/aromatic N) is 6. The molecule has 15 nitrogen and oxygen atoms in total. The van der Waals surface area contributed by atoms with Gasteiger partial charge in [-0.1, -0.05) is 0 Å². The maximum Gasteiger partial charge on any atom is 0.213 e. The Bertz CT molecular complexity index is 2650. The van der Waals surface area contributed by atoms with Crippen LogP contribution in [0.3, 0.4) is 0 Å². The van der Waals surface area contributed by atoms with Crippen molar-refractivity contribution in [3.8, 4) is 11.5 Å². The monoisotopic (exact) mass is 1030 g/mol. The van der Waals surface area contributed by atoms with Crippen molar-refractivity contribution in [3.05, 3.63) is 154 Å². The smallest absolute Gasteiger partial charge is 0.213 e. The van der Waals surface area contributed by atoms with E-state index in [1.54, 1.807) is 19.1 Å². The fraction of sp³-hybridized carbons (Fsp3) is 0.388. The molecule has 0 bridgehead atoms. The molecular formula is C49H60F5N7O8S2. The number of ketones is 2. The van der Waals surface area contributed by atoms with Crippen LogP contribution < -0.4 is 15.2 Å². The number of aromatic nitrogens is 4. The molecule has 0 spiro atoms. The molecule has 6 heterocycles. The van der Waals surface area contributed by atoms with Crippen LogP contribution in [0.5, 0.6) is 11.5 Å². The van der Waals surface area contributed by atoms with Crippen LogP contribution in [0.15, 0.2) is 82.5 Å². The standard InChI is InChI=1S/C24H25F2N3O4.C17H22FN3O3.C7H6FNO.CH3F.2H2S/c1-15-23(33-14-28-15)13-32-22-9-16-5-7-29(11-18(16)8-20(22)25)12-19(30)2-3-21(31)17-4-6-27-24(26)10-17;1-11-17(24-10-20-11)9-23-16-5-12-2-3-21(8-14(22)6-19)7-13(12)4-15(16)18;1-5(10)6-2-3-9-7(8)4-6;1-2;;/h4,6,8-10,14,19,30H,2-3,5,7,11-13H2,1H3;4-5,10,14,22H,2-3,6-9,19H2,1H3;2-4H,1H3;1H3;2*1H2/t19-;14-;;;;/m00..../s1/i;;;1D;;. The largest absolute Gasteiger partial charge is 0.482 e. The zero-order chi connectivity index (χ0) is 50.7. The number of fused-ring (bicyclic) bond motifs is 2. The molecule has 6 aromatic rings. The molecule has 2 aliphatic rings. The number of β-amino-alcohol motifs (C(OH)–C–C–N with tert-alkyl or cyclic N) is 2. The number of aliphatic hydroxyl groups is 2. The summed E-state index contributed by atoms with van der Waals surface area (Å²) in [6, 6.07) is 11.6. The highest BCUT2D eigenvalue weighted by Gasteiger charge is 2.24. The average Bonchev–Trinajstić information content (AvgIpc) is 3.95. The first-order valence-electron chi connectivity index (χ1n) is 22.6. The Morgan fingerprint density at radius 1 is 0.732 bits per heavy atom. The van der Waals surface area contributed by atoms with Crippen molar-refractivity contribution in [2.45, 2.75) is 85.0 Å². The summed E-state index contributed by atoms with van der Waals surface area (Å²) in [5, 5.41) is 20.1. The van der Waals surface area contributed by atoms with Crippen molar-refractivity contribution >= 4 is 38.6 Å². The molecule has 2 aliphatic heterocycles. The van der Waals surface area contributed by atoms with E-state index in [1.807, 2.05) is 11.8 Å². The summed E-state index contributed by atoms with van der Waals surface area (Å²) < 4.78 is 91.4. The second-order valence-corrected chi connectivity index (χ2v) is 16.2. The molecular weight excluding hydrogens is 974 g/mol. The molecule has 0 saturated carbocycles. The summed E-state index contributed by atoms with van der Waals surface area (Å²) in [5.74, 6) is -1.03. The van der Waals surface area contributed by atoms with Crippen LogP contribution in [0.25, 0.3) is 0 Å². The van der Waals surface area contributed by atoms with Gasteiger partial charge in [-0.25, -0.2) is 28.7 Å². The molecule has 0 aliphatic carbocycles. The molecule has 0 fully saturated rings. The molecule has 22 heteroatoms. The molecule has 2 aromatic carbocycles. The van der Waals surface area contributed by atoms with Gasteiger partial charge < -0.3 is 34.3 Å². The van der Waals surface area contributed by atoms with Gasteiger partial charge in [-0.3, -0.25) is 23.8 Å². The van der Waals surface area contributed by atoms with Gasteiger partial charge in [0, 0.05) is 87.9 Å². The first-order chi connectivity index (χ1) is 33.6. The molecule has 0 saturated heterocycles. The van der Waals surface area contributed by atoms with Gasteiger partial charge in [0.15, 0.2) is 59.0 Å². The maximum absolute atomic E-state index is 14.6. The van der Waals surface area contributed by atoms with Crippen molar-refractivity contribution in [1.29, 1.82) is 0 Å². The molecule has 0 radical (unpaired) electrons. The lowest BCUT2D eigenvalue weighted by molar-refractivity contribution is 0.0835. The molecule has 71 heavy (non-hydrogen) atoms. The van der Waals surface area contributed by atoms with Crippen LogP contribution in [0.4, 0.5) is 22.0 Å². The molecule has 0 unspecified atom stereocenters. The van der Waals surface area contributed by atoms with E-state index in [4.69, 9.17) is 25.4 Å². The van der Waals surface area contributed by atoms with Gasteiger partial charge in [0.05, 0.1) is 32.1 Å². The zero-order valence-electron chi connectivity index (χ0n) is 40.5. The summed E-state index contributed by atoms with van der Waals surface area (Å²) in [7, 11) is -1.00. The van der Waals surface area contributed by atoms with E-state index in [0.29, 0.717) is 61.9 Å². The van der Waals surface area contributed by atoms with Crippen molar-refractivity contribution in [2.75, 3.05) is 39.9 Å². The quantitative estimate of drug-likeness (QED) is 0.0497. The highest BCUT2D eigenvalue weighted by Crippen LogP contribution is 2.30. The zero-order valence-corrected chi connectivity index (χ0v) is 41.5. The minimum absolute atomic E-state index is 0. The van der Waals surface area contributed by atoms with Gasteiger partial charge in [-0.05, 0) is 98.7 Å². The number of hydrogen-bond acceptors (Lipinski definition) is 15. The number of rotatable bonds is 16. The van der Waals surface area contributed by atoms with Gasteiger partial charge in [-0.2, -0.15) is 35.8 Å². The van der Waals surface area contributed by atoms with Gasteiger partial charge in [-0.15, -0.1) is 0 Å². The van der Waals surface area contributed by atoms with Crippen molar-refractivity contribution in [1.82, 2.24) is 29.7 Å². The Balaban J connectivity index is 0.000000306. The topological polar surface area (TPSA) is 203 Å². The number of aliphatic hydroxyl groups excluding tert-OH is 2. The van der Waals surface area contributed by atoms with Crippen molar-refractivity contribution in [3.63, 3.8) is 0 Å². The maximum atomic E-state index is 14.6. The van der Waals surface area contributed by atoms with Crippen LogP contribution in [0.2, 0.25) is 0 Å². The third kappa shape index (κ3) is 18.1. The van der Waals surface area contributed by atoms with E-state index in [9.17, 15) is 41.8 Å². The molecule has 4 N–H and O–H groups in total. The predicted molar refractivity (Wildman–Crippen MR) is 263 cm³/mol. The van der Waals surface area contributed by atoms with Crippen molar-refractivity contribution < 1.29 is 61.4 Å². The van der Waals surface area contributed by atoms with E-state index in [-0.39, 0.29) is 88.2 Å². The minimum Gasteiger partial charge on any atom is -0.482 e. The minimum atomic E-state index is -1.00. The van der Waals surface area contributed by atoms with Crippen molar-refractivity contribution in [2.24, 2.45) is 5.73 Å². The number of pyridine rings is 2. The lowest BCUT2D eigenvalue weighted by Gasteiger charge is -2.30. The van der Waals surface area contributed by atoms with Gasteiger partial charge >= 0.3 is 0 Å². The van der Waals surface area contributed by atoms with E-state index in [1.165, 1.54) is 56.4 Å². The number of halogens is 5. The fourth-order valence-electron chi connectivity index (χ4n) is 7.38. The van der Waals surface area contributed by atoms with Crippen LogP contribution >= 0.6 is 27.0 Å². The van der Waals surface area contributed by atoms with Crippen LogP contribution in [0, 0.1) is 37.4 Å². The Morgan fingerprint density at radius 2 is 1.18 bits per heavy atom. The number of carbonyl (C=O) groups excluding carboxylic acids is 2. The van der Waals surface area contributed by atoms with Crippen LogP contribution in [0.1, 0.15) is 87.0 Å². The van der Waals surface area contributed by atoms with Gasteiger partial charge in [0.1, 0.15) is 13.2 Å².